The fourth-order valence-electron chi connectivity index (χ4n) is 0.666. The molecule has 0 fully saturated rings. The molecule has 1 radical (unpaired) electrons. The summed E-state index contributed by atoms with van der Waals surface area (Å²) in [6, 6.07) is 0. The molecule has 0 aliphatic carbocycles. The van der Waals surface area contributed by atoms with Crippen molar-refractivity contribution in [2.24, 2.45) is 0 Å². The summed E-state index contributed by atoms with van der Waals surface area (Å²) in [4.78, 5) is 0. The van der Waals surface area contributed by atoms with E-state index in [9.17, 15) is 13.5 Å². The van der Waals surface area contributed by atoms with Gasteiger partial charge in [0.25, 0.3) is 0 Å². The highest BCUT2D eigenvalue weighted by Crippen LogP contribution is 2.27. The summed E-state index contributed by atoms with van der Waals surface area (Å²) in [5.74, 6) is 0. The molecule has 79 valence electrons. The van der Waals surface area contributed by atoms with E-state index in [0.717, 1.165) is 0 Å². The first-order valence-corrected chi connectivity index (χ1v) is 5.67. The van der Waals surface area contributed by atoms with E-state index < -0.39 is 21.0 Å². The zero-order valence-electron chi connectivity index (χ0n) is 7.26. The Balaban J connectivity index is 4.53. The maximum absolute atomic E-state index is 10.8. The summed E-state index contributed by atoms with van der Waals surface area (Å²) < 4.78 is 33.0. The second-order valence-corrected chi connectivity index (χ2v) is 5.12. The van der Waals surface area contributed by atoms with Crippen LogP contribution in [0.1, 0.15) is 19.8 Å². The van der Waals surface area contributed by atoms with E-state index in [0.29, 0.717) is 6.42 Å². The van der Waals surface area contributed by atoms with Gasteiger partial charge in [-0.25, -0.2) is 5.11 Å². The van der Waals surface area contributed by atoms with Gasteiger partial charge in [0.15, 0.2) is 0 Å². The third-order valence-corrected chi connectivity index (χ3v) is 3.53. The maximum Gasteiger partial charge on any atom is 0.305 e. The standard InChI is InChI=1S/C6H13O5S2/c1-2-5-11-6(12,3-4-7)13(8,9)10/h12H,2-5H2,1H3,(H,8,9,10). The topological polar surface area (TPSA) is 83.5 Å². The van der Waals surface area contributed by atoms with Crippen LogP contribution in [0.2, 0.25) is 0 Å². The summed E-state index contributed by atoms with van der Waals surface area (Å²) in [6.07, 6.45) is 0.200. The molecule has 0 amide bonds. The van der Waals surface area contributed by atoms with Crippen LogP contribution < -0.4 is 0 Å². The van der Waals surface area contributed by atoms with Gasteiger partial charge in [-0.3, -0.25) is 4.55 Å². The van der Waals surface area contributed by atoms with Crippen molar-refractivity contribution in [2.75, 3.05) is 13.2 Å². The predicted molar refractivity (Wildman–Crippen MR) is 49.7 cm³/mol. The van der Waals surface area contributed by atoms with Crippen molar-refractivity contribution in [3.8, 4) is 0 Å². The zero-order chi connectivity index (χ0) is 10.5. The molecular formula is C6H13O5S2. The van der Waals surface area contributed by atoms with Gasteiger partial charge in [0.1, 0.15) is 0 Å². The van der Waals surface area contributed by atoms with Crippen LogP contribution in [0.15, 0.2) is 0 Å². The second kappa shape index (κ2) is 5.16. The number of thiol groups is 1. The summed E-state index contributed by atoms with van der Waals surface area (Å²) in [5.41, 5.74) is 0. The van der Waals surface area contributed by atoms with E-state index in [2.05, 4.69) is 12.6 Å². The van der Waals surface area contributed by atoms with Crippen molar-refractivity contribution in [3.63, 3.8) is 0 Å². The molecule has 1 unspecified atom stereocenters. The van der Waals surface area contributed by atoms with Gasteiger partial charge in [0.05, 0.1) is 6.61 Å². The Bertz CT molecular complexity index is 237. The first-order chi connectivity index (χ1) is 5.87. The molecule has 0 saturated carbocycles. The number of rotatable bonds is 6. The second-order valence-electron chi connectivity index (χ2n) is 2.49. The van der Waals surface area contributed by atoms with Crippen LogP contribution in [0.5, 0.6) is 0 Å². The molecule has 0 bridgehead atoms. The maximum atomic E-state index is 10.8. The fourth-order valence-corrected chi connectivity index (χ4v) is 1.42. The van der Waals surface area contributed by atoms with Crippen LogP contribution in [-0.4, -0.2) is 30.4 Å². The fraction of sp³-hybridized carbons (Fsp3) is 1.00. The Morgan fingerprint density at radius 3 is 2.38 bits per heavy atom. The van der Waals surface area contributed by atoms with Crippen molar-refractivity contribution in [2.45, 2.75) is 24.0 Å². The van der Waals surface area contributed by atoms with Crippen molar-refractivity contribution in [1.29, 1.82) is 0 Å². The SMILES string of the molecule is CCCOC(S)(CC[O])S(=O)(=O)O. The molecule has 0 aliphatic heterocycles. The number of ether oxygens (including phenoxy) is 1. The van der Waals surface area contributed by atoms with Gasteiger partial charge in [-0.15, -0.1) is 12.6 Å². The normalized spacial score (nSPS) is 16.9. The van der Waals surface area contributed by atoms with Crippen molar-refractivity contribution >= 4 is 22.7 Å². The summed E-state index contributed by atoms with van der Waals surface area (Å²) >= 11 is 3.65. The van der Waals surface area contributed by atoms with Crippen molar-refractivity contribution < 1.29 is 22.8 Å². The van der Waals surface area contributed by atoms with E-state index in [1.165, 1.54) is 0 Å². The van der Waals surface area contributed by atoms with E-state index >= 15 is 0 Å². The molecule has 0 aromatic carbocycles. The minimum Gasteiger partial charge on any atom is -0.349 e. The first kappa shape index (κ1) is 13.2. The molecule has 0 aromatic rings. The highest BCUT2D eigenvalue weighted by Gasteiger charge is 2.40. The predicted octanol–water partition coefficient (Wildman–Crippen LogP) is 0.705. The molecule has 0 aliphatic rings. The lowest BCUT2D eigenvalue weighted by atomic mass is 10.4. The molecule has 0 aromatic heterocycles. The van der Waals surface area contributed by atoms with Gasteiger partial charge in [0, 0.05) is 13.0 Å². The molecule has 5 nitrogen and oxygen atoms in total. The van der Waals surface area contributed by atoms with Gasteiger partial charge in [-0.1, -0.05) is 6.92 Å². The smallest absolute Gasteiger partial charge is 0.305 e. The van der Waals surface area contributed by atoms with E-state index in [4.69, 9.17) is 9.29 Å². The van der Waals surface area contributed by atoms with Crippen LogP contribution in [0.25, 0.3) is 0 Å². The molecule has 1 atom stereocenters. The molecule has 13 heavy (non-hydrogen) atoms. The average Bonchev–Trinajstić information content (AvgIpc) is 1.99. The Kier molecular flexibility index (Phi) is 5.23. The quantitative estimate of drug-likeness (QED) is 0.399. The number of hydrogen-bond donors (Lipinski definition) is 2. The monoisotopic (exact) mass is 229 g/mol. The molecule has 7 heteroatoms. The minimum atomic E-state index is -4.46. The van der Waals surface area contributed by atoms with Gasteiger partial charge < -0.3 is 4.74 Å². The molecular weight excluding hydrogens is 216 g/mol. The van der Waals surface area contributed by atoms with E-state index in [1.54, 1.807) is 6.92 Å². The van der Waals surface area contributed by atoms with E-state index in [-0.39, 0.29) is 13.0 Å². The van der Waals surface area contributed by atoms with Gasteiger partial charge in [-0.2, -0.15) is 8.42 Å². The van der Waals surface area contributed by atoms with Crippen LogP contribution >= 0.6 is 12.6 Å². The van der Waals surface area contributed by atoms with Gasteiger partial charge >= 0.3 is 10.1 Å². The Morgan fingerprint density at radius 1 is 1.54 bits per heavy atom. The van der Waals surface area contributed by atoms with Crippen molar-refractivity contribution in [3.05, 3.63) is 0 Å². The number of hydrogen-bond acceptors (Lipinski definition) is 4. The molecule has 0 heterocycles. The minimum absolute atomic E-state index is 0.128. The van der Waals surface area contributed by atoms with Gasteiger partial charge in [0.2, 0.25) is 4.27 Å². The third kappa shape index (κ3) is 3.82. The summed E-state index contributed by atoms with van der Waals surface area (Å²) in [6.45, 7) is 1.23. The molecule has 1 N–H and O–H groups in total. The summed E-state index contributed by atoms with van der Waals surface area (Å²) in [5, 5.41) is 10.3. The van der Waals surface area contributed by atoms with E-state index in [1.807, 2.05) is 0 Å². The lowest BCUT2D eigenvalue weighted by molar-refractivity contribution is 0.0479. The molecule has 0 spiro atoms. The third-order valence-electron chi connectivity index (χ3n) is 1.35. The van der Waals surface area contributed by atoms with Gasteiger partial charge in [-0.05, 0) is 6.42 Å². The largest absolute Gasteiger partial charge is 0.349 e. The summed E-state index contributed by atoms with van der Waals surface area (Å²) in [7, 11) is -4.46. The van der Waals surface area contributed by atoms with Crippen LogP contribution in [0.4, 0.5) is 0 Å². The van der Waals surface area contributed by atoms with Crippen LogP contribution in [-0.2, 0) is 20.0 Å². The van der Waals surface area contributed by atoms with Crippen LogP contribution in [0.3, 0.4) is 0 Å². The molecule has 0 rings (SSSR count). The molecule has 0 saturated heterocycles. The van der Waals surface area contributed by atoms with Crippen molar-refractivity contribution in [1.82, 2.24) is 0 Å². The first-order valence-electron chi connectivity index (χ1n) is 3.79. The lowest BCUT2D eigenvalue weighted by Crippen LogP contribution is -2.36. The zero-order valence-corrected chi connectivity index (χ0v) is 8.98. The average molecular weight is 229 g/mol. The Labute approximate surface area is 83.3 Å². The highest BCUT2D eigenvalue weighted by molar-refractivity contribution is 8.02. The van der Waals surface area contributed by atoms with Crippen LogP contribution in [0, 0.1) is 0 Å². The Morgan fingerprint density at radius 2 is 2.08 bits per heavy atom. The highest BCUT2D eigenvalue weighted by atomic mass is 32.3. The lowest BCUT2D eigenvalue weighted by Gasteiger charge is -2.23. The Hall–Kier alpha value is 0.180.